The molecule has 0 aliphatic carbocycles. The molecule has 33 heavy (non-hydrogen) atoms. The first-order valence-electron chi connectivity index (χ1n) is 10.4. The van der Waals surface area contributed by atoms with E-state index in [2.05, 4.69) is 5.32 Å². The zero-order valence-electron chi connectivity index (χ0n) is 19.3. The Hall–Kier alpha value is -2.29. The molecule has 10 heteroatoms. The number of sulfonamides is 1. The minimum atomic E-state index is -3.86. The second-order valence-electron chi connectivity index (χ2n) is 8.18. The molecule has 0 aliphatic rings. The van der Waals surface area contributed by atoms with Crippen LogP contribution in [0.3, 0.4) is 0 Å². The Labute approximate surface area is 205 Å². The van der Waals surface area contributed by atoms with E-state index in [-0.39, 0.29) is 34.2 Å². The Morgan fingerprint density at radius 2 is 1.61 bits per heavy atom. The van der Waals surface area contributed by atoms with E-state index >= 15 is 0 Å². The lowest BCUT2D eigenvalue weighted by atomic mass is 10.1. The van der Waals surface area contributed by atoms with E-state index in [4.69, 9.17) is 23.2 Å². The zero-order chi connectivity index (χ0) is 24.9. The van der Waals surface area contributed by atoms with Gasteiger partial charge < -0.3 is 10.2 Å². The molecule has 2 rings (SSSR count). The summed E-state index contributed by atoms with van der Waals surface area (Å²) in [5.74, 6) is -0.866. The van der Waals surface area contributed by atoms with E-state index in [1.54, 1.807) is 6.92 Å². The van der Waals surface area contributed by atoms with Crippen molar-refractivity contribution in [3.8, 4) is 0 Å². The zero-order valence-corrected chi connectivity index (χ0v) is 21.6. The van der Waals surface area contributed by atoms with Gasteiger partial charge in [0.05, 0.1) is 11.9 Å². The Morgan fingerprint density at radius 1 is 1.03 bits per heavy atom. The third kappa shape index (κ3) is 7.62. The molecule has 0 aromatic heterocycles. The Kier molecular flexibility index (Phi) is 9.17. The fourth-order valence-electron chi connectivity index (χ4n) is 3.26. The van der Waals surface area contributed by atoms with Crippen LogP contribution in [0.2, 0.25) is 10.0 Å². The summed E-state index contributed by atoms with van der Waals surface area (Å²) in [4.78, 5) is 27.6. The summed E-state index contributed by atoms with van der Waals surface area (Å²) < 4.78 is 26.1. The SMILES string of the molecule is Cc1ccccc1CN(C(=O)CN(c1cc(Cl)cc(Cl)c1)S(C)(=O)=O)C(C)C(=O)NC(C)C. The van der Waals surface area contributed by atoms with Crippen molar-refractivity contribution in [1.29, 1.82) is 0 Å². The quantitative estimate of drug-likeness (QED) is 0.548. The van der Waals surface area contributed by atoms with Crippen LogP contribution in [0.5, 0.6) is 0 Å². The predicted molar refractivity (Wildman–Crippen MR) is 133 cm³/mol. The minimum absolute atomic E-state index is 0.114. The second-order valence-corrected chi connectivity index (χ2v) is 11.0. The van der Waals surface area contributed by atoms with Gasteiger partial charge in [0, 0.05) is 22.6 Å². The summed E-state index contributed by atoms with van der Waals surface area (Å²) >= 11 is 12.1. The molecule has 0 fully saturated rings. The second kappa shape index (κ2) is 11.2. The topological polar surface area (TPSA) is 86.8 Å². The highest BCUT2D eigenvalue weighted by Gasteiger charge is 2.30. The highest BCUT2D eigenvalue weighted by atomic mass is 35.5. The molecule has 0 saturated heterocycles. The largest absolute Gasteiger partial charge is 0.352 e. The lowest BCUT2D eigenvalue weighted by Crippen LogP contribution is -2.52. The molecule has 0 bridgehead atoms. The molecule has 1 atom stereocenters. The normalized spacial score (nSPS) is 12.4. The molecular formula is C23H29Cl2N3O4S. The maximum atomic E-state index is 13.5. The molecule has 0 radical (unpaired) electrons. The van der Waals surface area contributed by atoms with Crippen LogP contribution in [-0.2, 0) is 26.2 Å². The van der Waals surface area contributed by atoms with E-state index < -0.39 is 28.5 Å². The molecule has 1 N–H and O–H groups in total. The number of hydrogen-bond donors (Lipinski definition) is 1. The Morgan fingerprint density at radius 3 is 2.12 bits per heavy atom. The van der Waals surface area contributed by atoms with Crippen molar-refractivity contribution < 1.29 is 18.0 Å². The number of hydrogen-bond acceptors (Lipinski definition) is 4. The number of nitrogens with zero attached hydrogens (tertiary/aromatic N) is 2. The number of aryl methyl sites for hydroxylation is 1. The molecule has 0 heterocycles. The highest BCUT2D eigenvalue weighted by molar-refractivity contribution is 7.92. The molecule has 180 valence electrons. The van der Waals surface area contributed by atoms with Gasteiger partial charge in [-0.05, 0) is 57.0 Å². The molecule has 7 nitrogen and oxygen atoms in total. The van der Waals surface area contributed by atoms with Gasteiger partial charge in [-0.1, -0.05) is 47.5 Å². The lowest BCUT2D eigenvalue weighted by molar-refractivity contribution is -0.139. The molecular weight excluding hydrogens is 485 g/mol. The van der Waals surface area contributed by atoms with Crippen LogP contribution in [0.25, 0.3) is 0 Å². The van der Waals surface area contributed by atoms with Crippen molar-refractivity contribution in [3.05, 3.63) is 63.6 Å². The van der Waals surface area contributed by atoms with E-state index in [0.717, 1.165) is 21.7 Å². The average molecular weight is 514 g/mol. The average Bonchev–Trinajstić information content (AvgIpc) is 2.68. The third-order valence-electron chi connectivity index (χ3n) is 5.01. The van der Waals surface area contributed by atoms with Crippen molar-refractivity contribution in [1.82, 2.24) is 10.2 Å². The number of nitrogens with one attached hydrogen (secondary N) is 1. The fourth-order valence-corrected chi connectivity index (χ4v) is 4.60. The summed E-state index contributed by atoms with van der Waals surface area (Å²) in [5, 5.41) is 3.28. The van der Waals surface area contributed by atoms with Gasteiger partial charge in [0.1, 0.15) is 12.6 Å². The van der Waals surface area contributed by atoms with Gasteiger partial charge in [0.15, 0.2) is 0 Å². The standard InChI is InChI=1S/C23H29Cl2N3O4S/c1-15(2)26-23(30)17(4)27(13-18-9-7-6-8-16(18)3)22(29)14-28(33(5,31)32)21-11-19(24)10-20(25)12-21/h6-12,15,17H,13-14H2,1-5H3,(H,26,30). The molecule has 0 spiro atoms. The van der Waals surface area contributed by atoms with Crippen molar-refractivity contribution in [3.63, 3.8) is 0 Å². The van der Waals surface area contributed by atoms with E-state index in [9.17, 15) is 18.0 Å². The van der Waals surface area contributed by atoms with Crippen LogP contribution >= 0.6 is 23.2 Å². The fraction of sp³-hybridized carbons (Fsp3) is 0.391. The van der Waals surface area contributed by atoms with Crippen molar-refractivity contribution in [2.45, 2.75) is 46.3 Å². The number of benzene rings is 2. The van der Waals surface area contributed by atoms with Crippen molar-refractivity contribution >= 4 is 50.7 Å². The van der Waals surface area contributed by atoms with E-state index in [1.807, 2.05) is 45.0 Å². The first kappa shape index (κ1) is 27.0. The van der Waals surface area contributed by atoms with E-state index in [1.165, 1.54) is 23.1 Å². The maximum absolute atomic E-state index is 13.5. The number of halogens is 2. The van der Waals surface area contributed by atoms with Gasteiger partial charge in [-0.3, -0.25) is 13.9 Å². The minimum Gasteiger partial charge on any atom is -0.352 e. The Balaban J connectivity index is 2.44. The van der Waals surface area contributed by atoms with Gasteiger partial charge in [0.2, 0.25) is 21.8 Å². The smallest absolute Gasteiger partial charge is 0.244 e. The maximum Gasteiger partial charge on any atom is 0.244 e. The van der Waals surface area contributed by atoms with Crippen molar-refractivity contribution in [2.24, 2.45) is 0 Å². The van der Waals surface area contributed by atoms with Crippen LogP contribution in [0.4, 0.5) is 5.69 Å². The predicted octanol–water partition coefficient (Wildman–Crippen LogP) is 4.01. The molecule has 2 aromatic rings. The van der Waals surface area contributed by atoms with Gasteiger partial charge in [-0.25, -0.2) is 8.42 Å². The number of anilines is 1. The number of carbonyl (C=O) groups is 2. The highest BCUT2D eigenvalue weighted by Crippen LogP contribution is 2.27. The van der Waals surface area contributed by atoms with Gasteiger partial charge in [-0.2, -0.15) is 0 Å². The van der Waals surface area contributed by atoms with Gasteiger partial charge in [-0.15, -0.1) is 0 Å². The van der Waals surface area contributed by atoms with Crippen LogP contribution in [-0.4, -0.2) is 50.0 Å². The first-order valence-corrected chi connectivity index (χ1v) is 13.0. The summed E-state index contributed by atoms with van der Waals surface area (Å²) in [7, 11) is -3.86. The summed E-state index contributed by atoms with van der Waals surface area (Å²) in [6, 6.07) is 10.9. The van der Waals surface area contributed by atoms with Crippen LogP contribution in [0.1, 0.15) is 31.9 Å². The van der Waals surface area contributed by atoms with E-state index in [0.29, 0.717) is 0 Å². The van der Waals surface area contributed by atoms with Gasteiger partial charge in [0.25, 0.3) is 0 Å². The Bertz CT molecular complexity index is 1100. The van der Waals surface area contributed by atoms with Gasteiger partial charge >= 0.3 is 0 Å². The number of amides is 2. The third-order valence-corrected chi connectivity index (χ3v) is 6.59. The van der Waals surface area contributed by atoms with Crippen LogP contribution in [0, 0.1) is 6.92 Å². The van der Waals surface area contributed by atoms with Crippen molar-refractivity contribution in [2.75, 3.05) is 17.1 Å². The van der Waals surface area contributed by atoms with Crippen LogP contribution < -0.4 is 9.62 Å². The monoisotopic (exact) mass is 513 g/mol. The summed E-state index contributed by atoms with van der Waals surface area (Å²) in [5.41, 5.74) is 1.97. The molecule has 1 unspecified atom stereocenters. The molecule has 2 amide bonds. The summed E-state index contributed by atoms with van der Waals surface area (Å²) in [6.45, 7) is 6.81. The first-order chi connectivity index (χ1) is 15.3. The molecule has 0 aliphatic heterocycles. The number of rotatable bonds is 9. The number of carbonyl (C=O) groups excluding carboxylic acids is 2. The lowest BCUT2D eigenvalue weighted by Gasteiger charge is -2.32. The molecule has 0 saturated carbocycles. The molecule has 2 aromatic carbocycles. The summed E-state index contributed by atoms with van der Waals surface area (Å²) in [6.07, 6.45) is 0.996. The van der Waals surface area contributed by atoms with Crippen LogP contribution in [0.15, 0.2) is 42.5 Å².